The van der Waals surface area contributed by atoms with Gasteiger partial charge in [0.15, 0.2) is 0 Å². The molecule has 150 valence electrons. The molecule has 2 fully saturated rings. The summed E-state index contributed by atoms with van der Waals surface area (Å²) >= 11 is 0. The Morgan fingerprint density at radius 2 is 1.81 bits per heavy atom. The summed E-state index contributed by atoms with van der Waals surface area (Å²) in [5, 5.41) is 0. The van der Waals surface area contributed by atoms with E-state index >= 15 is 0 Å². The largest absolute Gasteiger partial charge is 0.444 e. The van der Waals surface area contributed by atoms with Gasteiger partial charge in [0.25, 0.3) is 0 Å². The molecule has 2 aliphatic rings. The molecule has 1 aromatic rings. The van der Waals surface area contributed by atoms with Crippen LogP contribution in [0, 0.1) is 0 Å². The number of nitrogen functional groups attached to an aromatic ring is 1. The number of likely N-dealkylation sites (tertiary alicyclic amines) is 1. The molecule has 3 rings (SSSR count). The zero-order valence-corrected chi connectivity index (χ0v) is 17.3. The molecule has 27 heavy (non-hydrogen) atoms. The first-order valence-electron chi connectivity index (χ1n) is 10.4. The summed E-state index contributed by atoms with van der Waals surface area (Å²) < 4.78 is 5.51. The first-order valence-corrected chi connectivity index (χ1v) is 10.4. The molecular formula is C22H35N3O2. The topological polar surface area (TPSA) is 58.8 Å². The number of rotatable bonds is 2. The van der Waals surface area contributed by atoms with Gasteiger partial charge in [0.2, 0.25) is 0 Å². The highest BCUT2D eigenvalue weighted by molar-refractivity contribution is 5.70. The van der Waals surface area contributed by atoms with Gasteiger partial charge in [-0.3, -0.25) is 0 Å². The van der Waals surface area contributed by atoms with E-state index in [1.54, 1.807) is 0 Å². The summed E-state index contributed by atoms with van der Waals surface area (Å²) in [6.45, 7) is 10.6. The van der Waals surface area contributed by atoms with E-state index in [1.807, 2.05) is 25.7 Å². The summed E-state index contributed by atoms with van der Waals surface area (Å²) in [4.78, 5) is 16.6. The molecule has 2 N–H and O–H groups in total. The average Bonchev–Trinajstić information content (AvgIpc) is 2.62. The molecule has 1 aromatic carbocycles. The number of nitrogens with zero attached hydrogens (tertiary/aromatic N) is 2. The van der Waals surface area contributed by atoms with Crippen LogP contribution in [0.2, 0.25) is 0 Å². The van der Waals surface area contributed by atoms with Crippen molar-refractivity contribution in [2.45, 2.75) is 77.4 Å². The quantitative estimate of drug-likeness (QED) is 0.759. The van der Waals surface area contributed by atoms with E-state index in [-0.39, 0.29) is 6.09 Å². The highest BCUT2D eigenvalue weighted by Gasteiger charge is 2.28. The van der Waals surface area contributed by atoms with Gasteiger partial charge in [0.1, 0.15) is 5.60 Å². The number of carbonyl (C=O) groups excluding carboxylic acids is 1. The van der Waals surface area contributed by atoms with Gasteiger partial charge in [-0.05, 0) is 83.4 Å². The molecule has 5 heteroatoms. The summed E-state index contributed by atoms with van der Waals surface area (Å²) in [6, 6.07) is 7.07. The number of ether oxygens (including phenoxy) is 1. The Morgan fingerprint density at radius 1 is 1.11 bits per heavy atom. The van der Waals surface area contributed by atoms with Gasteiger partial charge >= 0.3 is 6.09 Å². The van der Waals surface area contributed by atoms with Crippen LogP contribution < -0.4 is 10.6 Å². The first kappa shape index (κ1) is 19.8. The van der Waals surface area contributed by atoms with Crippen LogP contribution in [0.5, 0.6) is 0 Å². The molecule has 5 nitrogen and oxygen atoms in total. The van der Waals surface area contributed by atoms with Crippen molar-refractivity contribution in [1.82, 2.24) is 4.90 Å². The van der Waals surface area contributed by atoms with Crippen LogP contribution in [-0.4, -0.2) is 42.3 Å². The number of amides is 1. The molecule has 0 aromatic heterocycles. The molecule has 0 radical (unpaired) electrons. The summed E-state index contributed by atoms with van der Waals surface area (Å²) in [5.41, 5.74) is 9.29. The van der Waals surface area contributed by atoms with Crippen LogP contribution in [0.25, 0.3) is 0 Å². The van der Waals surface area contributed by atoms with E-state index in [1.165, 1.54) is 30.5 Å². The van der Waals surface area contributed by atoms with E-state index in [4.69, 9.17) is 10.5 Å². The SMILES string of the molecule is CC1CCCCN1c1cc(C2CCN(C(=O)OC(C)(C)C)CC2)ccc1N. The van der Waals surface area contributed by atoms with Gasteiger partial charge < -0.3 is 20.3 Å². The molecule has 1 atom stereocenters. The maximum absolute atomic E-state index is 12.3. The highest BCUT2D eigenvalue weighted by Crippen LogP contribution is 2.35. The van der Waals surface area contributed by atoms with Gasteiger partial charge in [-0.25, -0.2) is 4.79 Å². The van der Waals surface area contributed by atoms with E-state index in [9.17, 15) is 4.79 Å². The lowest BCUT2D eigenvalue weighted by Crippen LogP contribution is -2.41. The van der Waals surface area contributed by atoms with Crippen molar-refractivity contribution in [3.05, 3.63) is 23.8 Å². The van der Waals surface area contributed by atoms with Gasteiger partial charge in [0.05, 0.1) is 11.4 Å². The highest BCUT2D eigenvalue weighted by atomic mass is 16.6. The predicted octanol–water partition coefficient (Wildman–Crippen LogP) is 4.76. The minimum absolute atomic E-state index is 0.193. The number of nitrogens with two attached hydrogens (primary N) is 1. The van der Waals surface area contributed by atoms with Crippen LogP contribution in [-0.2, 0) is 4.74 Å². The van der Waals surface area contributed by atoms with Crippen molar-refractivity contribution >= 4 is 17.5 Å². The second-order valence-corrected chi connectivity index (χ2v) is 9.10. The predicted molar refractivity (Wildman–Crippen MR) is 111 cm³/mol. The average molecular weight is 374 g/mol. The van der Waals surface area contributed by atoms with E-state index in [0.29, 0.717) is 12.0 Å². The molecular weight excluding hydrogens is 338 g/mol. The molecule has 1 unspecified atom stereocenters. The number of hydrogen-bond acceptors (Lipinski definition) is 4. The Morgan fingerprint density at radius 3 is 2.44 bits per heavy atom. The van der Waals surface area contributed by atoms with E-state index in [2.05, 4.69) is 30.0 Å². The fourth-order valence-corrected chi connectivity index (χ4v) is 4.24. The molecule has 2 aliphatic heterocycles. The summed E-state index contributed by atoms with van der Waals surface area (Å²) in [6.07, 6.45) is 5.53. The monoisotopic (exact) mass is 373 g/mol. The Kier molecular flexibility index (Phi) is 5.87. The van der Waals surface area contributed by atoms with Crippen LogP contribution in [0.15, 0.2) is 18.2 Å². The Bertz CT molecular complexity index is 660. The normalized spacial score (nSPS) is 22.0. The van der Waals surface area contributed by atoms with Crippen molar-refractivity contribution in [1.29, 1.82) is 0 Å². The van der Waals surface area contributed by atoms with E-state index in [0.717, 1.165) is 38.2 Å². The number of piperidine rings is 2. The van der Waals surface area contributed by atoms with Crippen LogP contribution in [0.1, 0.15) is 71.3 Å². The minimum Gasteiger partial charge on any atom is -0.444 e. The fourth-order valence-electron chi connectivity index (χ4n) is 4.24. The lowest BCUT2D eigenvalue weighted by molar-refractivity contribution is 0.0205. The smallest absolute Gasteiger partial charge is 0.410 e. The van der Waals surface area contributed by atoms with Gasteiger partial charge in [0, 0.05) is 25.7 Å². The maximum atomic E-state index is 12.3. The molecule has 0 aliphatic carbocycles. The number of benzene rings is 1. The van der Waals surface area contributed by atoms with Gasteiger partial charge in [-0.15, -0.1) is 0 Å². The Hall–Kier alpha value is -1.91. The zero-order valence-electron chi connectivity index (χ0n) is 17.3. The molecule has 0 saturated carbocycles. The van der Waals surface area contributed by atoms with Crippen molar-refractivity contribution in [2.24, 2.45) is 0 Å². The standard InChI is InChI=1S/C22H35N3O2/c1-16-7-5-6-12-25(16)20-15-18(8-9-19(20)23)17-10-13-24(14-11-17)21(26)27-22(2,3)4/h8-9,15-17H,5-7,10-14,23H2,1-4H3. The number of carbonyl (C=O) groups is 1. The van der Waals surface area contributed by atoms with Crippen LogP contribution in [0.4, 0.5) is 16.2 Å². The first-order chi connectivity index (χ1) is 12.7. The molecule has 1 amide bonds. The van der Waals surface area contributed by atoms with Crippen molar-refractivity contribution in [3.63, 3.8) is 0 Å². The third-order valence-corrected chi connectivity index (χ3v) is 5.78. The summed E-state index contributed by atoms with van der Waals surface area (Å²) in [7, 11) is 0. The summed E-state index contributed by atoms with van der Waals surface area (Å²) in [5.74, 6) is 0.475. The third kappa shape index (κ3) is 4.88. The zero-order chi connectivity index (χ0) is 19.6. The maximum Gasteiger partial charge on any atom is 0.410 e. The van der Waals surface area contributed by atoms with Crippen molar-refractivity contribution < 1.29 is 9.53 Å². The Balaban J connectivity index is 1.66. The second-order valence-electron chi connectivity index (χ2n) is 9.10. The molecule has 2 saturated heterocycles. The van der Waals surface area contributed by atoms with Crippen LogP contribution in [0.3, 0.4) is 0 Å². The van der Waals surface area contributed by atoms with Gasteiger partial charge in [-0.1, -0.05) is 6.07 Å². The lowest BCUT2D eigenvalue weighted by atomic mass is 9.88. The van der Waals surface area contributed by atoms with Crippen molar-refractivity contribution in [3.8, 4) is 0 Å². The third-order valence-electron chi connectivity index (χ3n) is 5.78. The second kappa shape index (κ2) is 7.99. The van der Waals surface area contributed by atoms with E-state index < -0.39 is 5.60 Å². The molecule has 0 spiro atoms. The van der Waals surface area contributed by atoms with Crippen LogP contribution >= 0.6 is 0 Å². The fraction of sp³-hybridized carbons (Fsp3) is 0.682. The number of hydrogen-bond donors (Lipinski definition) is 1. The molecule has 2 heterocycles. The van der Waals surface area contributed by atoms with Gasteiger partial charge in [-0.2, -0.15) is 0 Å². The molecule has 0 bridgehead atoms. The number of anilines is 2. The Labute approximate surface area is 163 Å². The lowest BCUT2D eigenvalue weighted by Gasteiger charge is -2.37. The minimum atomic E-state index is -0.440. The van der Waals surface area contributed by atoms with Crippen molar-refractivity contribution in [2.75, 3.05) is 30.3 Å².